The van der Waals surface area contributed by atoms with Crippen LogP contribution in [0.15, 0.2) is 65.3 Å². The van der Waals surface area contributed by atoms with Crippen molar-refractivity contribution in [2.75, 3.05) is 57.3 Å². The molecule has 1 amide bonds. The van der Waals surface area contributed by atoms with Crippen molar-refractivity contribution < 1.29 is 15.3 Å². The molecular formula is C30H36BrClFN5O2. The molecule has 5 rings (SSSR count). The Morgan fingerprint density at radius 3 is 2.52 bits per heavy atom. The third kappa shape index (κ3) is 7.51. The van der Waals surface area contributed by atoms with Crippen LogP contribution in [0.25, 0.3) is 0 Å². The second-order valence-corrected chi connectivity index (χ2v) is 11.5. The highest BCUT2D eigenvalue weighted by Gasteiger charge is 2.29. The maximum atomic E-state index is 14.2. The number of para-hydroxylation sites is 1. The van der Waals surface area contributed by atoms with Crippen molar-refractivity contribution in [2.45, 2.75) is 25.4 Å². The fourth-order valence-electron chi connectivity index (χ4n) is 5.37. The van der Waals surface area contributed by atoms with Crippen LogP contribution < -0.4 is 15.0 Å². The number of amides is 1. The molecule has 3 heterocycles. The van der Waals surface area contributed by atoms with E-state index in [-0.39, 0.29) is 13.2 Å². The first-order chi connectivity index (χ1) is 19.5. The molecule has 0 spiro atoms. The number of aromatic nitrogens is 1. The molecule has 1 N–H and O–H groups in total. The zero-order chi connectivity index (χ0) is 27.9. The molecule has 0 unspecified atom stereocenters. The van der Waals surface area contributed by atoms with Crippen molar-refractivity contribution >= 4 is 39.3 Å². The fourth-order valence-corrected chi connectivity index (χ4v) is 5.99. The van der Waals surface area contributed by atoms with Gasteiger partial charge in [-0.25, -0.2) is 9.37 Å². The zero-order valence-corrected chi connectivity index (χ0v) is 24.7. The summed E-state index contributed by atoms with van der Waals surface area (Å²) in [6.07, 6.45) is 3.75. The highest BCUT2D eigenvalue weighted by Crippen LogP contribution is 2.27. The lowest BCUT2D eigenvalue weighted by molar-refractivity contribution is 0.0946. The lowest BCUT2D eigenvalue weighted by Gasteiger charge is -2.43. The first-order valence-electron chi connectivity index (χ1n) is 13.7. The molecule has 0 aliphatic carbocycles. The molecule has 2 aliphatic rings. The summed E-state index contributed by atoms with van der Waals surface area (Å²) in [6.45, 7) is 6.89. The second-order valence-electron chi connectivity index (χ2n) is 10.2. The van der Waals surface area contributed by atoms with Crippen LogP contribution in [0.3, 0.4) is 0 Å². The number of carbonyl (C=O) groups is 1. The van der Waals surface area contributed by atoms with Gasteiger partial charge < -0.3 is 15.0 Å². The van der Waals surface area contributed by atoms with E-state index in [0.29, 0.717) is 36.3 Å². The molecule has 2 fully saturated rings. The Hall–Kier alpha value is -2.72. The number of piperidine rings is 1. The summed E-state index contributed by atoms with van der Waals surface area (Å²) in [5.41, 5.74) is 1.18. The first kappa shape index (κ1) is 28.8. The SMILES string of the molecule is O=C(NCCOc1ccccc1)c1cnc(N2CCN(C3CCN(Cc4ccc(Br)cc4F)CC3)CC2)c(Cl)c1.[HH]. The number of hydrogen-bond donors (Lipinski definition) is 1. The predicted molar refractivity (Wildman–Crippen MR) is 162 cm³/mol. The van der Waals surface area contributed by atoms with E-state index < -0.39 is 0 Å². The molecule has 40 heavy (non-hydrogen) atoms. The van der Waals surface area contributed by atoms with Crippen LogP contribution in [-0.4, -0.2) is 79.2 Å². The quantitative estimate of drug-likeness (QED) is 0.316. The van der Waals surface area contributed by atoms with Crippen LogP contribution in [0.4, 0.5) is 10.2 Å². The van der Waals surface area contributed by atoms with Crippen molar-refractivity contribution in [2.24, 2.45) is 0 Å². The van der Waals surface area contributed by atoms with Gasteiger partial charge in [-0.1, -0.05) is 51.8 Å². The van der Waals surface area contributed by atoms with Crippen LogP contribution in [0.1, 0.15) is 30.2 Å². The summed E-state index contributed by atoms with van der Waals surface area (Å²) in [5, 5.41) is 3.33. The summed E-state index contributed by atoms with van der Waals surface area (Å²) >= 11 is 9.91. The molecule has 1 aromatic heterocycles. The van der Waals surface area contributed by atoms with Gasteiger partial charge in [0, 0.05) is 56.4 Å². The number of nitrogens with zero attached hydrogens (tertiary/aromatic N) is 4. The Morgan fingerprint density at radius 2 is 1.82 bits per heavy atom. The normalized spacial score (nSPS) is 17.1. The molecule has 2 saturated heterocycles. The van der Waals surface area contributed by atoms with Crippen molar-refractivity contribution in [3.63, 3.8) is 0 Å². The van der Waals surface area contributed by atoms with Crippen LogP contribution in [0.2, 0.25) is 5.02 Å². The van der Waals surface area contributed by atoms with Crippen molar-refractivity contribution in [1.29, 1.82) is 0 Å². The molecule has 2 aromatic carbocycles. The number of halogens is 3. The molecule has 0 atom stereocenters. The van der Waals surface area contributed by atoms with Gasteiger partial charge in [0.25, 0.3) is 5.91 Å². The number of hydrogen-bond acceptors (Lipinski definition) is 6. The summed E-state index contributed by atoms with van der Waals surface area (Å²) in [5.74, 6) is 1.11. The van der Waals surface area contributed by atoms with Crippen molar-refractivity contribution in [1.82, 2.24) is 20.1 Å². The smallest absolute Gasteiger partial charge is 0.253 e. The number of likely N-dealkylation sites (tertiary alicyclic amines) is 1. The standard InChI is InChI=1S/C30H34BrClFN5O2.H2/c31-24-7-6-22(28(33)19-24)21-36-11-8-25(9-12-36)37-13-15-38(16-14-37)29-27(32)18-23(20-35-29)30(39)34-10-17-40-26-4-2-1-3-5-26;/h1-7,18-20,25H,8-17,21H2,(H,34,39);1H. The van der Waals surface area contributed by atoms with Crippen LogP contribution in [0.5, 0.6) is 5.75 Å². The lowest BCUT2D eigenvalue weighted by atomic mass is 10.0. The van der Waals surface area contributed by atoms with E-state index >= 15 is 0 Å². The Labute approximate surface area is 249 Å². The van der Waals surface area contributed by atoms with E-state index in [1.54, 1.807) is 12.3 Å². The van der Waals surface area contributed by atoms with Crippen LogP contribution >= 0.6 is 27.5 Å². The van der Waals surface area contributed by atoms with Gasteiger partial charge in [-0.3, -0.25) is 14.6 Å². The first-order valence-corrected chi connectivity index (χ1v) is 14.9. The number of piperazine rings is 1. The number of carbonyl (C=O) groups excluding carboxylic acids is 1. The minimum Gasteiger partial charge on any atom is -0.492 e. The average Bonchev–Trinajstić information content (AvgIpc) is 2.98. The van der Waals surface area contributed by atoms with Crippen LogP contribution in [-0.2, 0) is 6.54 Å². The van der Waals surface area contributed by atoms with E-state index in [4.69, 9.17) is 16.3 Å². The van der Waals surface area contributed by atoms with Gasteiger partial charge >= 0.3 is 0 Å². The Balaban J connectivity index is 0.00000387. The van der Waals surface area contributed by atoms with Gasteiger partial charge in [0.05, 0.1) is 17.1 Å². The molecular weight excluding hydrogens is 597 g/mol. The number of rotatable bonds is 9. The number of nitrogens with one attached hydrogen (secondary N) is 1. The maximum Gasteiger partial charge on any atom is 0.253 e. The lowest BCUT2D eigenvalue weighted by Crippen LogP contribution is -2.53. The third-order valence-corrected chi connectivity index (χ3v) is 8.35. The Morgan fingerprint density at radius 1 is 1.07 bits per heavy atom. The Kier molecular flexibility index (Phi) is 9.91. The monoisotopic (exact) mass is 631 g/mol. The number of anilines is 1. The number of benzene rings is 2. The van der Waals surface area contributed by atoms with Crippen molar-refractivity contribution in [3.05, 3.63) is 87.2 Å². The molecule has 0 bridgehead atoms. The zero-order valence-electron chi connectivity index (χ0n) is 22.4. The van der Waals surface area contributed by atoms with E-state index in [9.17, 15) is 9.18 Å². The molecule has 2 aliphatic heterocycles. The minimum absolute atomic E-state index is 0. The summed E-state index contributed by atoms with van der Waals surface area (Å²) < 4.78 is 20.6. The molecule has 7 nitrogen and oxygen atoms in total. The van der Waals surface area contributed by atoms with Gasteiger partial charge in [0.2, 0.25) is 0 Å². The van der Waals surface area contributed by atoms with Gasteiger partial charge in [-0.05, 0) is 56.3 Å². The summed E-state index contributed by atoms with van der Waals surface area (Å²) in [7, 11) is 0. The van der Waals surface area contributed by atoms with E-state index in [0.717, 1.165) is 73.7 Å². The van der Waals surface area contributed by atoms with Gasteiger partial charge in [0.15, 0.2) is 0 Å². The molecule has 3 aromatic rings. The van der Waals surface area contributed by atoms with Gasteiger partial charge in [-0.2, -0.15) is 0 Å². The predicted octanol–water partition coefficient (Wildman–Crippen LogP) is 5.48. The van der Waals surface area contributed by atoms with E-state index in [2.05, 4.69) is 40.9 Å². The maximum absolute atomic E-state index is 14.2. The summed E-state index contributed by atoms with van der Waals surface area (Å²) in [4.78, 5) is 24.2. The largest absolute Gasteiger partial charge is 0.492 e. The molecule has 0 saturated carbocycles. The topological polar surface area (TPSA) is 60.9 Å². The molecule has 214 valence electrons. The van der Waals surface area contributed by atoms with Crippen molar-refractivity contribution in [3.8, 4) is 5.75 Å². The molecule has 0 radical (unpaired) electrons. The fraction of sp³-hybridized carbons (Fsp3) is 0.400. The Bertz CT molecular complexity index is 1290. The minimum atomic E-state index is -0.225. The summed E-state index contributed by atoms with van der Waals surface area (Å²) in [6, 6.07) is 17.0. The van der Waals surface area contributed by atoms with Crippen LogP contribution in [0, 0.1) is 5.82 Å². The highest BCUT2D eigenvalue weighted by molar-refractivity contribution is 9.10. The highest BCUT2D eigenvalue weighted by atomic mass is 79.9. The number of pyridine rings is 1. The third-order valence-electron chi connectivity index (χ3n) is 7.58. The molecule has 10 heteroatoms. The van der Waals surface area contributed by atoms with E-state index in [1.807, 2.05) is 42.5 Å². The second kappa shape index (κ2) is 13.8. The average molecular weight is 633 g/mol. The number of ether oxygens (including phenoxy) is 1. The van der Waals surface area contributed by atoms with Gasteiger partial charge in [-0.15, -0.1) is 0 Å². The van der Waals surface area contributed by atoms with Gasteiger partial charge in [0.1, 0.15) is 24.0 Å². The van der Waals surface area contributed by atoms with E-state index in [1.165, 1.54) is 6.07 Å².